The van der Waals surface area contributed by atoms with E-state index in [4.69, 9.17) is 4.42 Å². The van der Waals surface area contributed by atoms with Crippen molar-refractivity contribution in [3.8, 4) is 0 Å². The van der Waals surface area contributed by atoms with E-state index < -0.39 is 0 Å². The molecule has 22 heavy (non-hydrogen) atoms. The fourth-order valence-electron chi connectivity index (χ4n) is 3.67. The molecule has 0 aliphatic heterocycles. The number of nitrogens with zero attached hydrogens (tertiary/aromatic N) is 3. The number of anilines is 1. The number of hydrogen-bond acceptors (Lipinski definition) is 4. The fourth-order valence-corrected chi connectivity index (χ4v) is 3.67. The molecule has 2 fully saturated rings. The summed E-state index contributed by atoms with van der Waals surface area (Å²) >= 11 is 0. The van der Waals surface area contributed by atoms with Crippen LogP contribution < -0.4 is 4.90 Å². The van der Waals surface area contributed by atoms with Crippen LogP contribution in [0.25, 0.3) is 0 Å². The maximum Gasteiger partial charge on any atom is 0.317 e. The Labute approximate surface area is 131 Å². The molecule has 4 rings (SSSR count). The van der Waals surface area contributed by atoms with E-state index in [-0.39, 0.29) is 5.41 Å². The van der Waals surface area contributed by atoms with Crippen LogP contribution >= 0.6 is 0 Å². The van der Waals surface area contributed by atoms with Crippen LogP contribution in [0.15, 0.2) is 34.7 Å². The molecule has 4 nitrogen and oxygen atoms in total. The summed E-state index contributed by atoms with van der Waals surface area (Å²) in [5.74, 6) is 1.32. The SMILES string of the molecule is CN(C[C@@]1(c2ccccc2)CC1(C)C)c1nnc(C2CC2)o1. The van der Waals surface area contributed by atoms with E-state index in [9.17, 15) is 0 Å². The minimum atomic E-state index is 0.178. The van der Waals surface area contributed by atoms with Crippen LogP contribution in [0.3, 0.4) is 0 Å². The van der Waals surface area contributed by atoms with E-state index in [0.717, 1.165) is 12.4 Å². The monoisotopic (exact) mass is 297 g/mol. The van der Waals surface area contributed by atoms with Crippen molar-refractivity contribution in [3.05, 3.63) is 41.8 Å². The Hall–Kier alpha value is -1.84. The molecule has 2 saturated carbocycles. The zero-order valence-electron chi connectivity index (χ0n) is 13.5. The summed E-state index contributed by atoms with van der Waals surface area (Å²) in [7, 11) is 2.06. The van der Waals surface area contributed by atoms with E-state index in [1.807, 2.05) is 0 Å². The quantitative estimate of drug-likeness (QED) is 0.843. The molecule has 0 radical (unpaired) electrons. The van der Waals surface area contributed by atoms with E-state index in [1.54, 1.807) is 0 Å². The first-order valence-electron chi connectivity index (χ1n) is 8.12. The van der Waals surface area contributed by atoms with Gasteiger partial charge in [-0.1, -0.05) is 49.3 Å². The standard InChI is InChI=1S/C18H23N3O/c1-17(2)11-18(17,14-7-5-4-6-8-14)12-21(3)16-20-19-15(22-16)13-9-10-13/h4-8,13H,9-12H2,1-3H3/t18-/m1/s1. The maximum atomic E-state index is 5.85. The number of benzene rings is 1. The van der Waals surface area contributed by atoms with Gasteiger partial charge in [-0.15, -0.1) is 5.10 Å². The van der Waals surface area contributed by atoms with Crippen molar-refractivity contribution in [2.24, 2.45) is 5.41 Å². The largest absolute Gasteiger partial charge is 0.408 e. The van der Waals surface area contributed by atoms with Gasteiger partial charge in [0.15, 0.2) is 0 Å². The molecule has 0 N–H and O–H groups in total. The third-order valence-electron chi connectivity index (χ3n) is 5.43. The van der Waals surface area contributed by atoms with Gasteiger partial charge < -0.3 is 9.32 Å². The van der Waals surface area contributed by atoms with Gasteiger partial charge in [-0.3, -0.25) is 0 Å². The average molecular weight is 297 g/mol. The molecule has 1 aromatic heterocycles. The molecule has 0 unspecified atom stereocenters. The van der Waals surface area contributed by atoms with Crippen LogP contribution in [0.2, 0.25) is 0 Å². The van der Waals surface area contributed by atoms with E-state index in [2.05, 4.69) is 66.3 Å². The molecule has 0 spiro atoms. The minimum Gasteiger partial charge on any atom is -0.408 e. The third-order valence-corrected chi connectivity index (χ3v) is 5.43. The van der Waals surface area contributed by atoms with Crippen LogP contribution in [0.4, 0.5) is 6.01 Å². The van der Waals surface area contributed by atoms with Crippen molar-refractivity contribution in [2.45, 2.75) is 44.4 Å². The van der Waals surface area contributed by atoms with Crippen LogP contribution in [-0.2, 0) is 5.41 Å². The van der Waals surface area contributed by atoms with Gasteiger partial charge in [0.25, 0.3) is 0 Å². The van der Waals surface area contributed by atoms with Gasteiger partial charge in [-0.2, -0.15) is 0 Å². The zero-order chi connectivity index (χ0) is 15.4. The molecule has 1 atom stereocenters. The molecule has 116 valence electrons. The highest BCUT2D eigenvalue weighted by Crippen LogP contribution is 2.64. The first kappa shape index (κ1) is 13.8. The topological polar surface area (TPSA) is 42.2 Å². The van der Waals surface area contributed by atoms with Gasteiger partial charge in [0.2, 0.25) is 5.89 Å². The Morgan fingerprint density at radius 3 is 2.45 bits per heavy atom. The highest BCUT2D eigenvalue weighted by molar-refractivity contribution is 5.41. The van der Waals surface area contributed by atoms with Gasteiger partial charge in [-0.25, -0.2) is 0 Å². The Bertz CT molecular complexity index is 675. The van der Waals surface area contributed by atoms with Crippen LogP contribution in [0.5, 0.6) is 0 Å². The molecular formula is C18H23N3O. The lowest BCUT2D eigenvalue weighted by atomic mass is 9.87. The predicted octanol–water partition coefficient (Wildman–Crippen LogP) is 3.75. The molecule has 0 saturated heterocycles. The third kappa shape index (κ3) is 2.13. The molecule has 0 amide bonds. The van der Waals surface area contributed by atoms with Crippen molar-refractivity contribution in [2.75, 3.05) is 18.5 Å². The predicted molar refractivity (Wildman–Crippen MR) is 86.1 cm³/mol. The second-order valence-electron chi connectivity index (χ2n) is 7.56. The van der Waals surface area contributed by atoms with E-state index in [1.165, 1.54) is 24.8 Å². The Balaban J connectivity index is 1.57. The average Bonchev–Trinajstić information content (AvgIpc) is 3.37. The fraction of sp³-hybridized carbons (Fsp3) is 0.556. The highest BCUT2D eigenvalue weighted by atomic mass is 16.4. The molecule has 1 aromatic carbocycles. The molecule has 1 heterocycles. The van der Waals surface area contributed by atoms with Crippen molar-refractivity contribution in [3.63, 3.8) is 0 Å². The summed E-state index contributed by atoms with van der Waals surface area (Å²) in [4.78, 5) is 2.13. The minimum absolute atomic E-state index is 0.178. The zero-order valence-corrected chi connectivity index (χ0v) is 13.5. The smallest absolute Gasteiger partial charge is 0.317 e. The number of aromatic nitrogens is 2. The van der Waals surface area contributed by atoms with Gasteiger partial charge in [0.05, 0.1) is 0 Å². The Kier molecular flexibility index (Phi) is 2.87. The number of rotatable bonds is 5. The number of hydrogen-bond donors (Lipinski definition) is 0. The van der Waals surface area contributed by atoms with Crippen molar-refractivity contribution in [1.29, 1.82) is 0 Å². The van der Waals surface area contributed by atoms with E-state index in [0.29, 0.717) is 17.3 Å². The van der Waals surface area contributed by atoms with Gasteiger partial charge >= 0.3 is 6.01 Å². The molecule has 0 bridgehead atoms. The molecule has 2 aliphatic carbocycles. The molecule has 2 aromatic rings. The van der Waals surface area contributed by atoms with Crippen LogP contribution in [0, 0.1) is 5.41 Å². The lowest BCUT2D eigenvalue weighted by molar-refractivity contribution is 0.457. The summed E-state index contributed by atoms with van der Waals surface area (Å²) in [5, 5.41) is 8.44. The van der Waals surface area contributed by atoms with Crippen LogP contribution in [0.1, 0.15) is 50.5 Å². The normalized spacial score (nSPS) is 26.0. The molecule has 4 heteroatoms. The summed E-state index contributed by atoms with van der Waals surface area (Å²) in [5.41, 5.74) is 1.90. The van der Waals surface area contributed by atoms with E-state index >= 15 is 0 Å². The lowest BCUT2D eigenvalue weighted by Gasteiger charge is -2.26. The molecule has 2 aliphatic rings. The summed E-state index contributed by atoms with van der Waals surface area (Å²) in [6.45, 7) is 5.60. The van der Waals surface area contributed by atoms with Gasteiger partial charge in [0.1, 0.15) is 0 Å². The second-order valence-corrected chi connectivity index (χ2v) is 7.56. The Morgan fingerprint density at radius 2 is 1.86 bits per heavy atom. The summed E-state index contributed by atoms with van der Waals surface area (Å²) in [6, 6.07) is 11.5. The van der Waals surface area contributed by atoms with Crippen molar-refractivity contribution in [1.82, 2.24) is 10.2 Å². The molecular weight excluding hydrogens is 274 g/mol. The maximum absolute atomic E-state index is 5.85. The second kappa shape index (κ2) is 4.58. The first-order valence-corrected chi connectivity index (χ1v) is 8.12. The summed E-state index contributed by atoms with van der Waals surface area (Å²) in [6.07, 6.45) is 3.57. The highest BCUT2D eigenvalue weighted by Gasteiger charge is 2.62. The van der Waals surface area contributed by atoms with Gasteiger partial charge in [0, 0.05) is 24.9 Å². The Morgan fingerprint density at radius 1 is 1.18 bits per heavy atom. The van der Waals surface area contributed by atoms with Crippen LogP contribution in [-0.4, -0.2) is 23.8 Å². The lowest BCUT2D eigenvalue weighted by Crippen LogP contribution is -2.32. The van der Waals surface area contributed by atoms with Crippen molar-refractivity contribution < 1.29 is 4.42 Å². The van der Waals surface area contributed by atoms with Crippen molar-refractivity contribution >= 4 is 6.01 Å². The summed E-state index contributed by atoms with van der Waals surface area (Å²) < 4.78 is 5.85. The van der Waals surface area contributed by atoms with Gasteiger partial charge in [-0.05, 0) is 30.2 Å². The first-order chi connectivity index (χ1) is 10.5. The number of likely N-dealkylation sites (N-methyl/N-ethyl adjacent to an activating group) is 1.